The van der Waals surface area contributed by atoms with E-state index >= 15 is 0 Å². The van der Waals surface area contributed by atoms with E-state index in [0.29, 0.717) is 28.8 Å². The average Bonchev–Trinajstić information content (AvgIpc) is 3.39. The van der Waals surface area contributed by atoms with Crippen molar-refractivity contribution < 1.29 is 18.7 Å². The van der Waals surface area contributed by atoms with Crippen molar-refractivity contribution in [3.63, 3.8) is 0 Å². The van der Waals surface area contributed by atoms with E-state index in [0.717, 1.165) is 4.88 Å². The van der Waals surface area contributed by atoms with E-state index in [1.165, 1.54) is 22.9 Å². The van der Waals surface area contributed by atoms with Gasteiger partial charge in [0.25, 0.3) is 5.91 Å². The molecule has 0 aliphatic heterocycles. The number of amides is 1. The lowest BCUT2D eigenvalue weighted by atomic mass is 10.2. The van der Waals surface area contributed by atoms with Gasteiger partial charge in [-0.15, -0.1) is 23.1 Å². The first kappa shape index (κ1) is 20.1. The Morgan fingerprint density at radius 2 is 2.11 bits per heavy atom. The number of thioether (sulfide) groups is 1. The molecular weight excluding hydrogens is 398 g/mol. The minimum absolute atomic E-state index is 0.261. The van der Waals surface area contributed by atoms with Crippen LogP contribution in [0.3, 0.4) is 0 Å². The molecule has 0 unspecified atom stereocenters. The number of aryl methyl sites for hydroxylation is 1. The fraction of sp³-hybridized carbons (Fsp3) is 0.263. The molecule has 3 heterocycles. The van der Waals surface area contributed by atoms with E-state index in [1.54, 1.807) is 37.4 Å². The molecule has 146 valence electrons. The highest BCUT2D eigenvalue weighted by Gasteiger charge is 2.22. The molecule has 0 atom stereocenters. The molecule has 0 aliphatic rings. The summed E-state index contributed by atoms with van der Waals surface area (Å²) in [6.45, 7) is 1.84. The van der Waals surface area contributed by atoms with Gasteiger partial charge in [-0.05, 0) is 36.8 Å². The molecule has 3 aromatic heterocycles. The first-order valence-electron chi connectivity index (χ1n) is 8.39. The monoisotopic (exact) mass is 417 g/mol. The number of nitrogens with zero attached hydrogens (tertiary/aromatic N) is 3. The largest absolute Gasteiger partial charge is 0.461 e. The van der Waals surface area contributed by atoms with Gasteiger partial charge in [0.2, 0.25) is 0 Å². The molecule has 0 spiro atoms. The van der Waals surface area contributed by atoms with Gasteiger partial charge in [-0.3, -0.25) is 4.79 Å². The van der Waals surface area contributed by atoms with Gasteiger partial charge >= 0.3 is 5.97 Å². The fourth-order valence-corrected chi connectivity index (χ4v) is 3.85. The highest BCUT2D eigenvalue weighted by Crippen LogP contribution is 2.25. The van der Waals surface area contributed by atoms with Crippen molar-refractivity contribution in [2.75, 3.05) is 19.9 Å². The number of furan rings is 1. The molecule has 0 bridgehead atoms. The topological polar surface area (TPSA) is 85.5 Å². The SMILES string of the molecule is CSc1nc(-c2ccco2)nc(C)c1C(=O)OCC(=O)N(C)Cc1cccs1. The number of carbonyl (C=O) groups excluding carboxylic acids is 2. The van der Waals surface area contributed by atoms with Crippen LogP contribution in [-0.2, 0) is 16.1 Å². The summed E-state index contributed by atoms with van der Waals surface area (Å²) in [6, 6.07) is 7.37. The predicted molar refractivity (Wildman–Crippen MR) is 107 cm³/mol. The zero-order valence-corrected chi connectivity index (χ0v) is 17.3. The van der Waals surface area contributed by atoms with E-state index in [4.69, 9.17) is 9.15 Å². The van der Waals surface area contributed by atoms with Crippen LogP contribution in [0.15, 0.2) is 45.4 Å². The molecule has 28 heavy (non-hydrogen) atoms. The summed E-state index contributed by atoms with van der Waals surface area (Å²) < 4.78 is 10.6. The minimum atomic E-state index is -0.620. The van der Waals surface area contributed by atoms with E-state index in [-0.39, 0.29) is 18.1 Å². The maximum atomic E-state index is 12.6. The van der Waals surface area contributed by atoms with Gasteiger partial charge in [0.1, 0.15) is 10.6 Å². The standard InChI is InChI=1S/C19H19N3O4S2/c1-12-16(18(27-3)21-17(20-12)14-7-4-8-25-14)19(24)26-11-15(23)22(2)10-13-6-5-9-28-13/h4-9H,10-11H2,1-3H3. The van der Waals surface area contributed by atoms with Crippen LogP contribution < -0.4 is 0 Å². The van der Waals surface area contributed by atoms with Crippen LogP contribution in [0.25, 0.3) is 11.6 Å². The smallest absolute Gasteiger partial charge is 0.343 e. The number of esters is 1. The summed E-state index contributed by atoms with van der Waals surface area (Å²) in [5.74, 6) is 0.0165. The Balaban J connectivity index is 1.69. The third-order valence-corrected chi connectivity index (χ3v) is 5.46. The van der Waals surface area contributed by atoms with Crippen LogP contribution in [-0.4, -0.2) is 46.7 Å². The van der Waals surface area contributed by atoms with Gasteiger partial charge in [-0.1, -0.05) is 6.07 Å². The van der Waals surface area contributed by atoms with E-state index in [1.807, 2.05) is 23.8 Å². The Bertz CT molecular complexity index is 956. The summed E-state index contributed by atoms with van der Waals surface area (Å²) in [4.78, 5) is 36.2. The summed E-state index contributed by atoms with van der Waals surface area (Å²) >= 11 is 2.87. The minimum Gasteiger partial charge on any atom is -0.461 e. The van der Waals surface area contributed by atoms with Crippen LogP contribution in [0.5, 0.6) is 0 Å². The summed E-state index contributed by atoms with van der Waals surface area (Å²) in [5.41, 5.74) is 0.728. The zero-order chi connectivity index (χ0) is 20.1. The Kier molecular flexibility index (Phi) is 6.48. The van der Waals surface area contributed by atoms with Crippen molar-refractivity contribution in [2.45, 2.75) is 18.5 Å². The highest BCUT2D eigenvalue weighted by atomic mass is 32.2. The number of rotatable bonds is 7. The Morgan fingerprint density at radius 1 is 1.29 bits per heavy atom. The van der Waals surface area contributed by atoms with Gasteiger partial charge in [-0.2, -0.15) is 0 Å². The Labute approximate surface area is 170 Å². The van der Waals surface area contributed by atoms with E-state index in [2.05, 4.69) is 9.97 Å². The van der Waals surface area contributed by atoms with Gasteiger partial charge < -0.3 is 14.1 Å². The first-order valence-corrected chi connectivity index (χ1v) is 10.5. The van der Waals surface area contributed by atoms with Gasteiger partial charge in [0.05, 0.1) is 18.5 Å². The van der Waals surface area contributed by atoms with Crippen molar-refractivity contribution in [3.8, 4) is 11.6 Å². The van der Waals surface area contributed by atoms with Crippen LogP contribution in [0.4, 0.5) is 0 Å². The van der Waals surface area contributed by atoms with Crippen LogP contribution >= 0.6 is 23.1 Å². The normalized spacial score (nSPS) is 10.7. The number of hydrogen-bond acceptors (Lipinski definition) is 8. The van der Waals surface area contributed by atoms with Crippen molar-refractivity contribution in [1.82, 2.24) is 14.9 Å². The third-order valence-electron chi connectivity index (χ3n) is 3.92. The van der Waals surface area contributed by atoms with Crippen molar-refractivity contribution in [3.05, 3.63) is 52.0 Å². The quantitative estimate of drug-likeness (QED) is 0.329. The van der Waals surface area contributed by atoms with Crippen molar-refractivity contribution in [2.24, 2.45) is 0 Å². The molecule has 9 heteroatoms. The van der Waals surface area contributed by atoms with Gasteiger partial charge in [-0.25, -0.2) is 14.8 Å². The molecule has 7 nitrogen and oxygen atoms in total. The number of carbonyl (C=O) groups is 2. The zero-order valence-electron chi connectivity index (χ0n) is 15.7. The summed E-state index contributed by atoms with van der Waals surface area (Å²) in [6.07, 6.45) is 3.34. The van der Waals surface area contributed by atoms with Gasteiger partial charge in [0.15, 0.2) is 18.2 Å². The molecule has 3 aromatic rings. The van der Waals surface area contributed by atoms with Crippen LogP contribution in [0, 0.1) is 6.92 Å². The molecular formula is C19H19N3O4S2. The number of ether oxygens (including phenoxy) is 1. The summed E-state index contributed by atoms with van der Waals surface area (Å²) in [7, 11) is 1.68. The fourth-order valence-electron chi connectivity index (χ4n) is 2.48. The predicted octanol–water partition coefficient (Wildman–Crippen LogP) is 3.64. The van der Waals surface area contributed by atoms with Crippen molar-refractivity contribution >= 4 is 35.0 Å². The summed E-state index contributed by atoms with van der Waals surface area (Å²) in [5, 5.41) is 2.43. The Morgan fingerprint density at radius 3 is 2.75 bits per heavy atom. The second-order valence-electron chi connectivity index (χ2n) is 5.90. The van der Waals surface area contributed by atoms with E-state index < -0.39 is 5.97 Å². The number of hydrogen-bond donors (Lipinski definition) is 0. The molecule has 0 N–H and O–H groups in total. The number of likely N-dealkylation sites (N-methyl/N-ethyl adjacent to an activating group) is 1. The lowest BCUT2D eigenvalue weighted by molar-refractivity contribution is -0.133. The molecule has 0 saturated heterocycles. The Hall–Kier alpha value is -2.65. The first-order chi connectivity index (χ1) is 13.5. The molecule has 0 saturated carbocycles. The molecule has 0 aliphatic carbocycles. The average molecular weight is 418 g/mol. The maximum absolute atomic E-state index is 12.6. The molecule has 0 fully saturated rings. The molecule has 3 rings (SSSR count). The van der Waals surface area contributed by atoms with Crippen LogP contribution in [0.2, 0.25) is 0 Å². The number of aromatic nitrogens is 2. The lowest BCUT2D eigenvalue weighted by Gasteiger charge is -2.16. The maximum Gasteiger partial charge on any atom is 0.343 e. The van der Waals surface area contributed by atoms with Crippen LogP contribution in [0.1, 0.15) is 20.9 Å². The molecule has 1 amide bonds. The van der Waals surface area contributed by atoms with Gasteiger partial charge in [0, 0.05) is 11.9 Å². The second kappa shape index (κ2) is 9.03. The number of thiophene rings is 1. The van der Waals surface area contributed by atoms with Crippen molar-refractivity contribution in [1.29, 1.82) is 0 Å². The third kappa shape index (κ3) is 4.60. The molecule has 0 aromatic carbocycles. The lowest BCUT2D eigenvalue weighted by Crippen LogP contribution is -2.30. The van der Waals surface area contributed by atoms with E-state index in [9.17, 15) is 9.59 Å². The molecule has 0 radical (unpaired) electrons. The second-order valence-corrected chi connectivity index (χ2v) is 7.73. The highest BCUT2D eigenvalue weighted by molar-refractivity contribution is 7.98.